The third-order valence-electron chi connectivity index (χ3n) is 3.32. The monoisotopic (exact) mass is 380 g/mol. The van der Waals surface area contributed by atoms with Crippen LogP contribution in [0.25, 0.3) is 0 Å². The fourth-order valence-corrected chi connectivity index (χ4v) is 2.29. The van der Waals surface area contributed by atoms with Crippen molar-refractivity contribution in [3.8, 4) is 0 Å². The second-order valence-electron chi connectivity index (χ2n) is 5.51. The molecule has 0 heterocycles. The van der Waals surface area contributed by atoms with Crippen LogP contribution in [0.1, 0.15) is 29.2 Å². The maximum atomic E-state index is 10.8. The summed E-state index contributed by atoms with van der Waals surface area (Å²) in [5, 5.41) is 0.688. The van der Waals surface area contributed by atoms with Crippen LogP contribution in [0, 0.1) is 19.8 Å². The van der Waals surface area contributed by atoms with E-state index in [4.69, 9.17) is 11.6 Å². The Bertz CT molecular complexity index is 575. The minimum atomic E-state index is -0.263. The Hall–Kier alpha value is -1.12. The number of hydrogen-bond donors (Lipinski definition) is 0. The van der Waals surface area contributed by atoms with E-state index < -0.39 is 0 Å². The fraction of sp³-hybridized carbons (Fsp3) is 0.316. The highest BCUT2D eigenvalue weighted by Gasteiger charge is 2.09. The fourth-order valence-electron chi connectivity index (χ4n) is 1.84. The van der Waals surface area contributed by atoms with Gasteiger partial charge < -0.3 is 0 Å². The summed E-state index contributed by atoms with van der Waals surface area (Å²) in [6.45, 7) is 5.98. The molecule has 0 aliphatic rings. The Balaban J connectivity index is 0.000000235. The smallest absolute Gasteiger partial charge is 0.224 e. The van der Waals surface area contributed by atoms with Gasteiger partial charge in [0.15, 0.2) is 0 Å². The van der Waals surface area contributed by atoms with E-state index in [9.17, 15) is 4.79 Å². The number of carbonyl (C=O) groups is 1. The van der Waals surface area contributed by atoms with Crippen LogP contribution in [-0.2, 0) is 16.5 Å². The largest absolute Gasteiger partial charge is 0.281 e. The molecular weight excluding hydrogens is 360 g/mol. The summed E-state index contributed by atoms with van der Waals surface area (Å²) >= 11 is 8.75. The first kappa shape index (κ1) is 18.9. The Morgan fingerprint density at radius 1 is 0.955 bits per heavy atom. The van der Waals surface area contributed by atoms with Gasteiger partial charge in [0.1, 0.15) is 0 Å². The van der Waals surface area contributed by atoms with Gasteiger partial charge >= 0.3 is 0 Å². The van der Waals surface area contributed by atoms with E-state index in [0.29, 0.717) is 0 Å². The molecule has 0 fully saturated rings. The predicted octanol–water partition coefficient (Wildman–Crippen LogP) is 5.83. The quantitative estimate of drug-likeness (QED) is 0.481. The topological polar surface area (TPSA) is 17.1 Å². The zero-order valence-electron chi connectivity index (χ0n) is 13.3. The number of benzene rings is 2. The zero-order valence-corrected chi connectivity index (χ0v) is 15.6. The van der Waals surface area contributed by atoms with E-state index in [0.717, 1.165) is 17.3 Å². The second-order valence-corrected chi connectivity index (χ2v) is 6.45. The van der Waals surface area contributed by atoms with Crippen LogP contribution in [0.15, 0.2) is 48.5 Å². The lowest BCUT2D eigenvalue weighted by molar-refractivity contribution is -0.114. The van der Waals surface area contributed by atoms with Crippen LogP contribution >= 0.6 is 27.5 Å². The lowest BCUT2D eigenvalue weighted by Crippen LogP contribution is -2.07. The maximum absolute atomic E-state index is 10.8. The lowest BCUT2D eigenvalue weighted by Gasteiger charge is -2.05. The minimum absolute atomic E-state index is 0.0932. The highest BCUT2D eigenvalue weighted by Crippen LogP contribution is 2.11. The zero-order chi connectivity index (χ0) is 16.5. The van der Waals surface area contributed by atoms with E-state index >= 15 is 0 Å². The van der Waals surface area contributed by atoms with Crippen LogP contribution in [0.5, 0.6) is 0 Å². The van der Waals surface area contributed by atoms with Crippen molar-refractivity contribution < 1.29 is 4.79 Å². The summed E-state index contributed by atoms with van der Waals surface area (Å²) in [5.41, 5.74) is 5.04. The SMILES string of the molecule is Cc1ccc(CBr)cc1.Cc1ccc(CC(C)C(=O)Cl)cc1. The summed E-state index contributed by atoms with van der Waals surface area (Å²) in [6, 6.07) is 16.7. The normalized spacial score (nSPS) is 11.3. The van der Waals surface area contributed by atoms with Crippen molar-refractivity contribution in [3.05, 3.63) is 70.8 Å². The molecule has 1 unspecified atom stereocenters. The van der Waals surface area contributed by atoms with Crippen LogP contribution < -0.4 is 0 Å². The van der Waals surface area contributed by atoms with Gasteiger partial charge in [-0.05, 0) is 43.0 Å². The molecule has 0 saturated carbocycles. The standard InChI is InChI=1S/C11H13ClO.C8H9Br/c1-8-3-5-10(6-4-8)7-9(2)11(12)13;1-7-2-4-8(6-9)5-3-7/h3-6,9H,7H2,1-2H3;2-5H,6H2,1H3. The molecule has 2 aromatic carbocycles. The van der Waals surface area contributed by atoms with Crippen LogP contribution in [0.2, 0.25) is 0 Å². The molecule has 2 rings (SSSR count). The molecule has 0 aliphatic heterocycles. The van der Waals surface area contributed by atoms with E-state index in [1.807, 2.05) is 38.1 Å². The maximum Gasteiger partial charge on any atom is 0.224 e. The number of halogens is 2. The second kappa shape index (κ2) is 9.81. The molecule has 0 N–H and O–H groups in total. The molecule has 0 aliphatic carbocycles. The predicted molar refractivity (Wildman–Crippen MR) is 98.7 cm³/mol. The van der Waals surface area contributed by atoms with Crippen molar-refractivity contribution in [3.63, 3.8) is 0 Å². The van der Waals surface area contributed by atoms with Gasteiger partial charge in [-0.3, -0.25) is 4.79 Å². The van der Waals surface area contributed by atoms with Gasteiger partial charge in [0, 0.05) is 11.2 Å². The van der Waals surface area contributed by atoms with Gasteiger partial charge in [-0.2, -0.15) is 0 Å². The molecule has 0 saturated heterocycles. The van der Waals surface area contributed by atoms with Crippen LogP contribution in [-0.4, -0.2) is 5.24 Å². The van der Waals surface area contributed by atoms with Gasteiger partial charge in [0.05, 0.1) is 0 Å². The van der Waals surface area contributed by atoms with Crippen molar-refractivity contribution in [2.75, 3.05) is 0 Å². The van der Waals surface area contributed by atoms with Crippen molar-refractivity contribution in [1.29, 1.82) is 0 Å². The summed E-state index contributed by atoms with van der Waals surface area (Å²) in [6.07, 6.45) is 0.725. The third-order valence-corrected chi connectivity index (χ3v) is 4.34. The van der Waals surface area contributed by atoms with E-state index in [-0.39, 0.29) is 11.2 Å². The van der Waals surface area contributed by atoms with Crippen molar-refractivity contribution in [1.82, 2.24) is 0 Å². The molecule has 3 heteroatoms. The summed E-state index contributed by atoms with van der Waals surface area (Å²) in [4.78, 5) is 10.8. The van der Waals surface area contributed by atoms with Crippen LogP contribution in [0.3, 0.4) is 0 Å². The molecule has 0 radical (unpaired) electrons. The highest BCUT2D eigenvalue weighted by atomic mass is 79.9. The summed E-state index contributed by atoms with van der Waals surface area (Å²) in [7, 11) is 0. The first-order chi connectivity index (χ1) is 10.4. The molecule has 1 atom stereocenters. The molecular formula is C19H22BrClO. The summed E-state index contributed by atoms with van der Waals surface area (Å²) < 4.78 is 0. The lowest BCUT2D eigenvalue weighted by atomic mass is 10.0. The Morgan fingerprint density at radius 3 is 1.73 bits per heavy atom. The van der Waals surface area contributed by atoms with Gasteiger partial charge in [-0.15, -0.1) is 0 Å². The Labute approximate surface area is 146 Å². The average molecular weight is 382 g/mol. The van der Waals surface area contributed by atoms with Crippen molar-refractivity contribution in [2.45, 2.75) is 32.5 Å². The summed E-state index contributed by atoms with van der Waals surface area (Å²) in [5.74, 6) is -0.0932. The Kier molecular flexibility index (Phi) is 8.44. The molecule has 0 amide bonds. The first-order valence-corrected chi connectivity index (χ1v) is 8.78. The minimum Gasteiger partial charge on any atom is -0.281 e. The average Bonchev–Trinajstić information content (AvgIpc) is 2.51. The first-order valence-electron chi connectivity index (χ1n) is 7.28. The molecule has 22 heavy (non-hydrogen) atoms. The number of alkyl halides is 1. The Morgan fingerprint density at radius 2 is 1.36 bits per heavy atom. The highest BCUT2D eigenvalue weighted by molar-refractivity contribution is 9.08. The van der Waals surface area contributed by atoms with Gasteiger partial charge in [-0.25, -0.2) is 0 Å². The van der Waals surface area contributed by atoms with Crippen molar-refractivity contribution in [2.24, 2.45) is 5.92 Å². The van der Waals surface area contributed by atoms with E-state index in [1.54, 1.807) is 0 Å². The molecule has 118 valence electrons. The van der Waals surface area contributed by atoms with E-state index in [2.05, 4.69) is 47.1 Å². The molecule has 2 aromatic rings. The van der Waals surface area contributed by atoms with Crippen LogP contribution in [0.4, 0.5) is 0 Å². The third kappa shape index (κ3) is 7.24. The van der Waals surface area contributed by atoms with Gasteiger partial charge in [-0.1, -0.05) is 82.5 Å². The number of rotatable bonds is 4. The van der Waals surface area contributed by atoms with Crippen molar-refractivity contribution >= 4 is 32.8 Å². The molecule has 0 aromatic heterocycles. The van der Waals surface area contributed by atoms with Gasteiger partial charge in [0.2, 0.25) is 5.24 Å². The number of hydrogen-bond acceptors (Lipinski definition) is 1. The molecule has 0 bridgehead atoms. The van der Waals surface area contributed by atoms with Gasteiger partial charge in [0.25, 0.3) is 0 Å². The molecule has 1 nitrogen and oxygen atoms in total. The van der Waals surface area contributed by atoms with E-state index in [1.165, 1.54) is 16.7 Å². The number of carbonyl (C=O) groups excluding carboxylic acids is 1. The number of aryl methyl sites for hydroxylation is 2. The molecule has 0 spiro atoms.